The molecule has 2 atom stereocenters. The van der Waals surface area contributed by atoms with Gasteiger partial charge in [-0.3, -0.25) is 4.79 Å². The third kappa shape index (κ3) is 4.37. The molecule has 0 radical (unpaired) electrons. The first kappa shape index (κ1) is 17.9. The molecule has 26 heavy (non-hydrogen) atoms. The number of aromatic nitrogens is 2. The number of ether oxygens (including phenoxy) is 1. The number of hydrogen-bond acceptors (Lipinski definition) is 7. The normalized spacial score (nSPS) is 19.1. The molecule has 0 spiro atoms. The Morgan fingerprint density at radius 1 is 1.42 bits per heavy atom. The van der Waals surface area contributed by atoms with E-state index < -0.39 is 0 Å². The number of nitrogens with zero attached hydrogens (tertiary/aromatic N) is 3. The van der Waals surface area contributed by atoms with Gasteiger partial charge in [0.25, 0.3) is 0 Å². The smallest absolute Gasteiger partial charge is 0.227 e. The number of hydrogen-bond donors (Lipinski definition) is 2. The molecule has 8 nitrogen and oxygen atoms in total. The van der Waals surface area contributed by atoms with E-state index in [-0.39, 0.29) is 24.3 Å². The number of benzene rings is 1. The molecule has 0 saturated carbocycles. The maximum atomic E-state index is 12.1. The Morgan fingerprint density at radius 3 is 2.96 bits per heavy atom. The van der Waals surface area contributed by atoms with Crippen LogP contribution in [0.25, 0.3) is 11.4 Å². The van der Waals surface area contributed by atoms with Crippen LogP contribution >= 0.6 is 0 Å². The number of nitrogens with one attached hydrogen (secondary N) is 2. The van der Waals surface area contributed by atoms with E-state index in [1.54, 1.807) is 0 Å². The van der Waals surface area contributed by atoms with Crippen molar-refractivity contribution in [2.45, 2.75) is 25.8 Å². The first-order chi connectivity index (χ1) is 12.7. The van der Waals surface area contributed by atoms with Crippen LogP contribution in [0.3, 0.4) is 0 Å². The van der Waals surface area contributed by atoms with E-state index in [0.29, 0.717) is 37.8 Å². The highest BCUT2D eigenvalue weighted by Gasteiger charge is 2.28. The molecule has 2 unspecified atom stereocenters. The summed E-state index contributed by atoms with van der Waals surface area (Å²) in [5, 5.41) is 19.0. The van der Waals surface area contributed by atoms with Crippen LogP contribution in [0.4, 0.5) is 0 Å². The molecule has 136 valence electrons. The highest BCUT2D eigenvalue weighted by molar-refractivity contribution is 5.76. The minimum absolute atomic E-state index is 0.125. The van der Waals surface area contributed by atoms with Gasteiger partial charge in [0.05, 0.1) is 24.6 Å². The van der Waals surface area contributed by atoms with Crippen LogP contribution < -0.4 is 15.4 Å². The van der Waals surface area contributed by atoms with E-state index in [1.807, 2.05) is 31.2 Å². The summed E-state index contributed by atoms with van der Waals surface area (Å²) in [4.78, 5) is 16.4. The molecule has 0 bridgehead atoms. The Labute approximate surface area is 151 Å². The average Bonchev–Trinajstić information content (AvgIpc) is 3.30. The highest BCUT2D eigenvalue weighted by atomic mass is 16.5. The predicted octanol–water partition coefficient (Wildman–Crippen LogP) is 1.30. The second-order valence-corrected chi connectivity index (χ2v) is 6.04. The third-order valence-electron chi connectivity index (χ3n) is 4.18. The minimum Gasteiger partial charge on any atom is -0.494 e. The van der Waals surface area contributed by atoms with Crippen LogP contribution in [0.15, 0.2) is 28.8 Å². The lowest BCUT2D eigenvalue weighted by Crippen LogP contribution is -2.40. The number of aryl methyl sites for hydroxylation is 1. The van der Waals surface area contributed by atoms with Crippen LogP contribution in [-0.4, -0.2) is 41.8 Å². The SMILES string of the molecule is CCOc1ccc(-c2noc(CCC(=O)NC3CNCC3C#N)n2)cc1. The van der Waals surface area contributed by atoms with Crippen molar-refractivity contribution in [3.8, 4) is 23.2 Å². The fourth-order valence-corrected chi connectivity index (χ4v) is 2.81. The number of nitriles is 1. The molecule has 1 aliphatic rings. The van der Waals surface area contributed by atoms with E-state index in [1.165, 1.54) is 0 Å². The van der Waals surface area contributed by atoms with Crippen LogP contribution in [0.5, 0.6) is 5.75 Å². The molecule has 0 aliphatic carbocycles. The molecule has 3 rings (SSSR count). The number of rotatable bonds is 7. The van der Waals surface area contributed by atoms with Crippen molar-refractivity contribution >= 4 is 5.91 Å². The topological polar surface area (TPSA) is 113 Å². The molecule has 1 fully saturated rings. The van der Waals surface area contributed by atoms with Crippen LogP contribution in [-0.2, 0) is 11.2 Å². The summed E-state index contributed by atoms with van der Waals surface area (Å²) < 4.78 is 10.6. The van der Waals surface area contributed by atoms with E-state index in [9.17, 15) is 4.79 Å². The largest absolute Gasteiger partial charge is 0.494 e. The fourth-order valence-electron chi connectivity index (χ4n) is 2.81. The molecule has 1 amide bonds. The molecule has 2 N–H and O–H groups in total. The number of amides is 1. The molecule has 1 aromatic carbocycles. The van der Waals surface area contributed by atoms with Crippen molar-refractivity contribution in [1.29, 1.82) is 5.26 Å². The van der Waals surface area contributed by atoms with Crippen LogP contribution in [0, 0.1) is 17.2 Å². The fraction of sp³-hybridized carbons (Fsp3) is 0.444. The van der Waals surface area contributed by atoms with Gasteiger partial charge < -0.3 is 19.9 Å². The summed E-state index contributed by atoms with van der Waals surface area (Å²) in [6, 6.07) is 9.48. The number of carbonyl (C=O) groups excluding carboxylic acids is 1. The van der Waals surface area contributed by atoms with Crippen molar-refractivity contribution < 1.29 is 14.1 Å². The second kappa shape index (κ2) is 8.45. The Bertz CT molecular complexity index is 781. The molecule has 1 aliphatic heterocycles. The Balaban J connectivity index is 1.52. The standard InChI is InChI=1S/C18H21N5O3/c1-2-25-14-5-3-12(4-6-14)18-22-17(26-23-18)8-7-16(24)21-15-11-20-10-13(15)9-19/h3-6,13,15,20H,2,7-8,10-11H2,1H3,(H,21,24). The lowest BCUT2D eigenvalue weighted by molar-refractivity contribution is -0.121. The zero-order chi connectivity index (χ0) is 18.4. The molecule has 2 heterocycles. The summed E-state index contributed by atoms with van der Waals surface area (Å²) in [5.74, 6) is 1.36. The van der Waals surface area contributed by atoms with Crippen molar-refractivity contribution in [1.82, 2.24) is 20.8 Å². The maximum Gasteiger partial charge on any atom is 0.227 e. The molecule has 1 saturated heterocycles. The molecule has 1 aromatic heterocycles. The van der Waals surface area contributed by atoms with Crippen LogP contribution in [0.2, 0.25) is 0 Å². The molecular weight excluding hydrogens is 334 g/mol. The zero-order valence-corrected chi connectivity index (χ0v) is 14.6. The maximum absolute atomic E-state index is 12.1. The van der Waals surface area contributed by atoms with Gasteiger partial charge in [0.1, 0.15) is 5.75 Å². The predicted molar refractivity (Wildman–Crippen MR) is 93.1 cm³/mol. The minimum atomic E-state index is -0.186. The van der Waals surface area contributed by atoms with Crippen molar-refractivity contribution in [2.75, 3.05) is 19.7 Å². The van der Waals surface area contributed by atoms with Gasteiger partial charge in [0, 0.05) is 31.5 Å². The second-order valence-electron chi connectivity index (χ2n) is 6.04. The van der Waals surface area contributed by atoms with Crippen molar-refractivity contribution in [2.24, 2.45) is 5.92 Å². The monoisotopic (exact) mass is 355 g/mol. The van der Waals surface area contributed by atoms with Gasteiger partial charge in [0.2, 0.25) is 17.6 Å². The highest BCUT2D eigenvalue weighted by Crippen LogP contribution is 2.20. The number of carbonyl (C=O) groups is 1. The lowest BCUT2D eigenvalue weighted by Gasteiger charge is -2.13. The van der Waals surface area contributed by atoms with E-state index in [2.05, 4.69) is 26.8 Å². The van der Waals surface area contributed by atoms with Crippen LogP contribution in [0.1, 0.15) is 19.2 Å². The third-order valence-corrected chi connectivity index (χ3v) is 4.18. The first-order valence-corrected chi connectivity index (χ1v) is 8.65. The molecule has 8 heteroatoms. The van der Waals surface area contributed by atoms with E-state index >= 15 is 0 Å². The van der Waals surface area contributed by atoms with Crippen molar-refractivity contribution in [3.63, 3.8) is 0 Å². The van der Waals surface area contributed by atoms with Gasteiger partial charge in [-0.05, 0) is 31.2 Å². The van der Waals surface area contributed by atoms with Gasteiger partial charge in [0.15, 0.2) is 0 Å². The summed E-state index contributed by atoms with van der Waals surface area (Å²) in [5.41, 5.74) is 0.821. The van der Waals surface area contributed by atoms with Gasteiger partial charge in [-0.2, -0.15) is 10.2 Å². The van der Waals surface area contributed by atoms with Gasteiger partial charge in [-0.1, -0.05) is 5.16 Å². The molecule has 2 aromatic rings. The van der Waals surface area contributed by atoms with Crippen molar-refractivity contribution in [3.05, 3.63) is 30.2 Å². The average molecular weight is 355 g/mol. The van der Waals surface area contributed by atoms with E-state index in [4.69, 9.17) is 14.5 Å². The van der Waals surface area contributed by atoms with Gasteiger partial charge >= 0.3 is 0 Å². The Kier molecular flexibility index (Phi) is 5.81. The summed E-state index contributed by atoms with van der Waals surface area (Å²) in [7, 11) is 0. The zero-order valence-electron chi connectivity index (χ0n) is 14.6. The summed E-state index contributed by atoms with van der Waals surface area (Å²) in [6.07, 6.45) is 0.590. The van der Waals surface area contributed by atoms with Gasteiger partial charge in [-0.15, -0.1) is 0 Å². The summed E-state index contributed by atoms with van der Waals surface area (Å²) in [6.45, 7) is 3.77. The summed E-state index contributed by atoms with van der Waals surface area (Å²) >= 11 is 0. The van der Waals surface area contributed by atoms with Gasteiger partial charge in [-0.25, -0.2) is 0 Å². The Morgan fingerprint density at radius 2 is 2.23 bits per heavy atom. The lowest BCUT2D eigenvalue weighted by atomic mass is 10.1. The Hall–Kier alpha value is -2.92. The first-order valence-electron chi connectivity index (χ1n) is 8.65. The quantitative estimate of drug-likeness (QED) is 0.769. The van der Waals surface area contributed by atoms with E-state index in [0.717, 1.165) is 11.3 Å². The molecular formula is C18H21N5O3.